The molecule has 0 amide bonds. The van der Waals surface area contributed by atoms with E-state index in [1.807, 2.05) is 39.0 Å². The average molecular weight is 341 g/mol. The van der Waals surface area contributed by atoms with Gasteiger partial charge in [0.05, 0.1) is 0 Å². The van der Waals surface area contributed by atoms with Crippen LogP contribution in [0.5, 0.6) is 11.6 Å². The van der Waals surface area contributed by atoms with Gasteiger partial charge in [-0.1, -0.05) is 15.9 Å². The van der Waals surface area contributed by atoms with Crippen LogP contribution in [0.4, 0.5) is 0 Å². The second kappa shape index (κ2) is 5.93. The van der Waals surface area contributed by atoms with Crippen molar-refractivity contribution >= 4 is 27.5 Å². The molecule has 1 heterocycles. The first-order valence-corrected chi connectivity index (χ1v) is 7.30. The van der Waals surface area contributed by atoms with Gasteiger partial charge in [0.2, 0.25) is 5.88 Å². The van der Waals surface area contributed by atoms with Gasteiger partial charge in [0, 0.05) is 22.1 Å². The quantitative estimate of drug-likeness (QED) is 0.707. The Morgan fingerprint density at radius 3 is 2.26 bits per heavy atom. The third-order valence-corrected chi connectivity index (χ3v) is 4.43. The first kappa shape index (κ1) is 14.4. The monoisotopic (exact) mass is 339 g/mol. The predicted molar refractivity (Wildman–Crippen MR) is 82.2 cm³/mol. The molecule has 0 saturated heterocycles. The lowest BCUT2D eigenvalue weighted by atomic mass is 10.1. The zero-order valence-electron chi connectivity index (χ0n) is 11.1. The number of hydrogen-bond donors (Lipinski definition) is 0. The van der Waals surface area contributed by atoms with Gasteiger partial charge in [-0.2, -0.15) is 0 Å². The van der Waals surface area contributed by atoms with Crippen molar-refractivity contribution < 1.29 is 4.74 Å². The molecule has 0 N–H and O–H groups in total. The summed E-state index contributed by atoms with van der Waals surface area (Å²) in [5, 5.41) is 0. The van der Waals surface area contributed by atoms with Crippen molar-refractivity contribution in [3.8, 4) is 11.6 Å². The molecule has 0 bridgehead atoms. The van der Waals surface area contributed by atoms with E-state index >= 15 is 0 Å². The summed E-state index contributed by atoms with van der Waals surface area (Å²) in [6, 6.07) is 5.98. The normalized spacial score (nSPS) is 10.6. The van der Waals surface area contributed by atoms with E-state index in [4.69, 9.17) is 16.3 Å². The molecule has 0 aliphatic heterocycles. The van der Waals surface area contributed by atoms with Crippen molar-refractivity contribution in [3.05, 3.63) is 51.1 Å². The number of rotatable bonds is 3. The third kappa shape index (κ3) is 3.28. The highest BCUT2D eigenvalue weighted by atomic mass is 79.9. The van der Waals surface area contributed by atoms with Gasteiger partial charge in [-0.05, 0) is 55.7 Å². The van der Waals surface area contributed by atoms with E-state index in [1.54, 1.807) is 6.20 Å². The fourth-order valence-corrected chi connectivity index (χ4v) is 2.25. The fourth-order valence-electron chi connectivity index (χ4n) is 1.88. The summed E-state index contributed by atoms with van der Waals surface area (Å²) in [5.41, 5.74) is 4.26. The molecule has 0 fully saturated rings. The van der Waals surface area contributed by atoms with Crippen molar-refractivity contribution in [3.63, 3.8) is 0 Å². The van der Waals surface area contributed by atoms with Crippen LogP contribution in [0.1, 0.15) is 22.3 Å². The van der Waals surface area contributed by atoms with Crippen molar-refractivity contribution in [1.29, 1.82) is 0 Å². The van der Waals surface area contributed by atoms with E-state index < -0.39 is 0 Å². The van der Waals surface area contributed by atoms with E-state index in [2.05, 4.69) is 20.9 Å². The molecule has 1 aromatic heterocycles. The highest BCUT2D eigenvalue weighted by Gasteiger charge is 2.07. The molecule has 100 valence electrons. The van der Waals surface area contributed by atoms with Gasteiger partial charge >= 0.3 is 0 Å². The van der Waals surface area contributed by atoms with Gasteiger partial charge in [-0.3, -0.25) is 0 Å². The largest absolute Gasteiger partial charge is 0.439 e. The number of halogens is 2. The van der Waals surface area contributed by atoms with Crippen LogP contribution < -0.4 is 4.74 Å². The van der Waals surface area contributed by atoms with Gasteiger partial charge in [-0.15, -0.1) is 11.6 Å². The van der Waals surface area contributed by atoms with Crippen molar-refractivity contribution in [2.24, 2.45) is 0 Å². The minimum absolute atomic E-state index is 0.463. The standard InChI is InChI=1S/C15H15BrClNO/c1-9-5-13(6-10(2)14(9)16)19-15-11(3)4-12(7-17)8-18-15/h4-6,8H,7H2,1-3H3. The molecular formula is C15H15BrClNO. The van der Waals surface area contributed by atoms with Crippen LogP contribution in [0.3, 0.4) is 0 Å². The number of ether oxygens (including phenoxy) is 1. The molecular weight excluding hydrogens is 326 g/mol. The summed E-state index contributed by atoms with van der Waals surface area (Å²) < 4.78 is 6.96. The maximum absolute atomic E-state index is 5.85. The molecule has 4 heteroatoms. The van der Waals surface area contributed by atoms with Crippen LogP contribution in [0.25, 0.3) is 0 Å². The number of benzene rings is 1. The van der Waals surface area contributed by atoms with Gasteiger partial charge < -0.3 is 4.74 Å². The molecule has 0 aliphatic rings. The molecule has 2 nitrogen and oxygen atoms in total. The Hall–Kier alpha value is -1.06. The van der Waals surface area contributed by atoms with Crippen molar-refractivity contribution in [2.75, 3.05) is 0 Å². The van der Waals surface area contributed by atoms with Gasteiger partial charge in [0.25, 0.3) is 0 Å². The summed E-state index contributed by atoms with van der Waals surface area (Å²) in [5.74, 6) is 1.88. The van der Waals surface area contributed by atoms with Crippen molar-refractivity contribution in [2.45, 2.75) is 26.7 Å². The molecule has 2 aromatic rings. The number of hydrogen-bond acceptors (Lipinski definition) is 2. The molecule has 19 heavy (non-hydrogen) atoms. The second-order valence-corrected chi connectivity index (χ2v) is 5.63. The molecule has 0 saturated carbocycles. The van der Waals surface area contributed by atoms with E-state index in [9.17, 15) is 0 Å². The zero-order chi connectivity index (χ0) is 14.0. The van der Waals surface area contributed by atoms with E-state index in [0.29, 0.717) is 11.8 Å². The predicted octanol–water partition coefficient (Wildman–Crippen LogP) is 5.30. The lowest BCUT2D eigenvalue weighted by Crippen LogP contribution is -1.94. The Kier molecular flexibility index (Phi) is 4.48. The number of nitrogens with zero attached hydrogens (tertiary/aromatic N) is 1. The highest BCUT2D eigenvalue weighted by Crippen LogP contribution is 2.30. The first-order chi connectivity index (χ1) is 9.01. The maximum Gasteiger partial charge on any atom is 0.222 e. The van der Waals surface area contributed by atoms with Gasteiger partial charge in [0.15, 0.2) is 0 Å². The van der Waals surface area contributed by atoms with Crippen LogP contribution in [-0.2, 0) is 5.88 Å². The number of aryl methyl sites for hydroxylation is 3. The van der Waals surface area contributed by atoms with E-state index in [0.717, 1.165) is 32.5 Å². The fraction of sp³-hybridized carbons (Fsp3) is 0.267. The van der Waals surface area contributed by atoms with Crippen LogP contribution in [0.2, 0.25) is 0 Å². The maximum atomic E-state index is 5.85. The van der Waals surface area contributed by atoms with Gasteiger partial charge in [-0.25, -0.2) is 4.98 Å². The smallest absolute Gasteiger partial charge is 0.222 e. The molecule has 2 rings (SSSR count). The Morgan fingerprint density at radius 2 is 1.74 bits per heavy atom. The molecule has 0 aliphatic carbocycles. The van der Waals surface area contributed by atoms with E-state index in [-0.39, 0.29) is 0 Å². The summed E-state index contributed by atoms with van der Waals surface area (Å²) in [6.07, 6.45) is 1.74. The molecule has 0 unspecified atom stereocenters. The minimum atomic E-state index is 0.463. The molecule has 0 radical (unpaired) electrons. The summed E-state index contributed by atoms with van der Waals surface area (Å²) in [6.45, 7) is 6.05. The zero-order valence-corrected chi connectivity index (χ0v) is 13.5. The molecule has 1 aromatic carbocycles. The average Bonchev–Trinajstić information content (AvgIpc) is 2.38. The Balaban J connectivity index is 2.31. The van der Waals surface area contributed by atoms with E-state index in [1.165, 1.54) is 0 Å². The first-order valence-electron chi connectivity index (χ1n) is 5.97. The van der Waals surface area contributed by atoms with Crippen LogP contribution in [-0.4, -0.2) is 4.98 Å². The topological polar surface area (TPSA) is 22.1 Å². The lowest BCUT2D eigenvalue weighted by molar-refractivity contribution is 0.458. The number of alkyl halides is 1. The summed E-state index contributed by atoms with van der Waals surface area (Å²) in [4.78, 5) is 4.31. The second-order valence-electron chi connectivity index (χ2n) is 4.57. The molecule has 0 spiro atoms. The summed E-state index contributed by atoms with van der Waals surface area (Å²) in [7, 11) is 0. The van der Waals surface area contributed by atoms with Crippen LogP contribution in [0.15, 0.2) is 28.9 Å². The number of pyridine rings is 1. The lowest BCUT2D eigenvalue weighted by Gasteiger charge is -2.11. The Bertz CT molecular complexity index is 590. The number of aromatic nitrogens is 1. The Morgan fingerprint density at radius 1 is 1.11 bits per heavy atom. The van der Waals surface area contributed by atoms with Crippen molar-refractivity contribution in [1.82, 2.24) is 4.98 Å². The third-order valence-electron chi connectivity index (χ3n) is 2.87. The Labute approximate surface area is 126 Å². The SMILES string of the molecule is Cc1cc(CCl)cnc1Oc1cc(C)c(Br)c(C)c1. The molecule has 0 atom stereocenters. The van der Waals surface area contributed by atoms with Crippen LogP contribution >= 0.6 is 27.5 Å². The van der Waals surface area contributed by atoms with Crippen LogP contribution in [0, 0.1) is 20.8 Å². The summed E-state index contributed by atoms with van der Waals surface area (Å²) >= 11 is 9.33. The highest BCUT2D eigenvalue weighted by molar-refractivity contribution is 9.10. The minimum Gasteiger partial charge on any atom is -0.439 e. The van der Waals surface area contributed by atoms with Gasteiger partial charge in [0.1, 0.15) is 5.75 Å².